The first-order valence-electron chi connectivity index (χ1n) is 10.4. The topological polar surface area (TPSA) is 71.1 Å². The number of hydrogen-bond donors (Lipinski definition) is 1. The van der Waals surface area contributed by atoms with Crippen LogP contribution in [0.15, 0.2) is 40.6 Å². The molecule has 2 aliphatic rings. The Labute approximate surface area is 173 Å². The molecular weight excluding hydrogens is 382 g/mol. The molecule has 1 aromatic carbocycles. The van der Waals surface area contributed by atoms with E-state index in [1.165, 1.54) is 35.8 Å². The summed E-state index contributed by atoms with van der Waals surface area (Å²) in [5.74, 6) is 0.708. The zero-order valence-corrected chi connectivity index (χ0v) is 18.1. The first-order chi connectivity index (χ1) is 13.8. The Morgan fingerprint density at radius 2 is 2.10 bits per heavy atom. The standard InChI is InChI=1S/C24H29NO3S/c1-15(2)19-11-24(28-13-19)29(25,27)14-20(26)12-23-21(16(3)17-7-8-17)10-9-18-5-4-6-22(18)23/h9-11,13,16-17,25H,1,4-8,12,14H2,2-3H3/t16-,29?/m1/s1. The van der Waals surface area contributed by atoms with Gasteiger partial charge in [0.2, 0.25) is 0 Å². The van der Waals surface area contributed by atoms with E-state index in [1.54, 1.807) is 6.07 Å². The molecule has 0 aliphatic heterocycles. The van der Waals surface area contributed by atoms with Crippen LogP contribution >= 0.6 is 0 Å². The van der Waals surface area contributed by atoms with Crippen molar-refractivity contribution in [2.45, 2.75) is 63.4 Å². The summed E-state index contributed by atoms with van der Waals surface area (Å²) in [6.07, 6.45) is 7.45. The number of fused-ring (bicyclic) bond motifs is 1. The van der Waals surface area contributed by atoms with Gasteiger partial charge in [-0.2, -0.15) is 0 Å². The summed E-state index contributed by atoms with van der Waals surface area (Å²) in [6, 6.07) is 6.02. The van der Waals surface area contributed by atoms with E-state index in [9.17, 15) is 9.00 Å². The minimum absolute atomic E-state index is 0.0636. The van der Waals surface area contributed by atoms with Crippen molar-refractivity contribution in [1.82, 2.24) is 0 Å². The molecule has 29 heavy (non-hydrogen) atoms. The summed E-state index contributed by atoms with van der Waals surface area (Å²) >= 11 is 0. The summed E-state index contributed by atoms with van der Waals surface area (Å²) in [4.78, 5) is 12.9. The molecule has 1 aromatic heterocycles. The van der Waals surface area contributed by atoms with E-state index in [2.05, 4.69) is 25.6 Å². The quantitative estimate of drug-likeness (QED) is 0.620. The molecule has 5 heteroatoms. The highest BCUT2D eigenvalue weighted by Crippen LogP contribution is 2.44. The van der Waals surface area contributed by atoms with Crippen molar-refractivity contribution in [3.8, 4) is 0 Å². The molecule has 1 saturated carbocycles. The van der Waals surface area contributed by atoms with Crippen molar-refractivity contribution in [3.05, 3.63) is 58.9 Å². The minimum Gasteiger partial charge on any atom is -0.454 e. The lowest BCUT2D eigenvalue weighted by molar-refractivity contribution is -0.116. The van der Waals surface area contributed by atoms with E-state index in [0.717, 1.165) is 30.4 Å². The zero-order valence-electron chi connectivity index (χ0n) is 17.3. The average molecular weight is 412 g/mol. The van der Waals surface area contributed by atoms with E-state index >= 15 is 0 Å². The van der Waals surface area contributed by atoms with Gasteiger partial charge in [0.1, 0.15) is 9.73 Å². The van der Waals surface area contributed by atoms with E-state index in [4.69, 9.17) is 9.20 Å². The molecule has 0 spiro atoms. The van der Waals surface area contributed by atoms with Gasteiger partial charge in [-0.15, -0.1) is 0 Å². The van der Waals surface area contributed by atoms with E-state index in [0.29, 0.717) is 17.4 Å². The van der Waals surface area contributed by atoms with Gasteiger partial charge in [0.25, 0.3) is 0 Å². The van der Waals surface area contributed by atoms with Crippen LogP contribution < -0.4 is 0 Å². The normalized spacial score (nSPS) is 18.8. The molecule has 1 N–H and O–H groups in total. The predicted octanol–water partition coefficient (Wildman–Crippen LogP) is 5.53. The third-order valence-corrected chi connectivity index (χ3v) is 7.98. The smallest absolute Gasteiger partial charge is 0.199 e. The van der Waals surface area contributed by atoms with Crippen LogP contribution in [0.2, 0.25) is 0 Å². The largest absolute Gasteiger partial charge is 0.454 e. The second kappa shape index (κ2) is 7.60. The molecule has 2 aromatic rings. The number of aryl methyl sites for hydroxylation is 1. The Hall–Kier alpha value is -2.14. The zero-order chi connectivity index (χ0) is 20.8. The average Bonchev–Trinajstić information content (AvgIpc) is 3.17. The lowest BCUT2D eigenvalue weighted by Crippen LogP contribution is -2.19. The third-order valence-electron chi connectivity index (χ3n) is 6.39. The molecule has 4 nitrogen and oxygen atoms in total. The summed E-state index contributed by atoms with van der Waals surface area (Å²) in [6.45, 7) is 7.92. The van der Waals surface area contributed by atoms with Crippen LogP contribution in [0.1, 0.15) is 66.8 Å². The van der Waals surface area contributed by atoms with Gasteiger partial charge in [-0.25, -0.2) is 8.99 Å². The highest BCUT2D eigenvalue weighted by atomic mass is 32.2. The number of nitrogens with one attached hydrogen (secondary N) is 1. The minimum atomic E-state index is -3.30. The van der Waals surface area contributed by atoms with Gasteiger partial charge >= 0.3 is 0 Å². The molecule has 4 rings (SSSR count). The SMILES string of the molecule is C=C(C)c1coc(S(=N)(=O)CC(=O)Cc2c([C@H](C)C3CC3)ccc3c2CCC3)c1. The van der Waals surface area contributed by atoms with Crippen molar-refractivity contribution < 1.29 is 13.4 Å². The summed E-state index contributed by atoms with van der Waals surface area (Å²) < 4.78 is 26.5. The molecular formula is C24H29NO3S. The molecule has 1 unspecified atom stereocenters. The van der Waals surface area contributed by atoms with Gasteiger partial charge in [-0.1, -0.05) is 25.6 Å². The number of allylic oxidation sites excluding steroid dienone is 1. The first-order valence-corrected chi connectivity index (χ1v) is 12.1. The molecule has 0 bridgehead atoms. The maximum atomic E-state index is 12.9. The molecule has 2 aliphatic carbocycles. The van der Waals surface area contributed by atoms with Crippen LogP contribution in [-0.2, 0) is 33.8 Å². The maximum absolute atomic E-state index is 12.9. The lowest BCUT2D eigenvalue weighted by Gasteiger charge is -2.19. The maximum Gasteiger partial charge on any atom is 0.199 e. The van der Waals surface area contributed by atoms with Crippen LogP contribution in [0.4, 0.5) is 0 Å². The summed E-state index contributed by atoms with van der Waals surface area (Å²) in [7, 11) is -3.30. The highest BCUT2D eigenvalue weighted by Gasteiger charge is 2.32. The fourth-order valence-electron chi connectivity index (χ4n) is 4.51. The number of ketones is 1. The van der Waals surface area contributed by atoms with Crippen LogP contribution in [0.3, 0.4) is 0 Å². The molecule has 2 atom stereocenters. The summed E-state index contributed by atoms with van der Waals surface area (Å²) in [5.41, 5.74) is 6.59. The number of rotatable bonds is 8. The Bertz CT molecular complexity index is 1070. The molecule has 154 valence electrons. The monoisotopic (exact) mass is 411 g/mol. The van der Waals surface area contributed by atoms with Crippen molar-refractivity contribution in [2.24, 2.45) is 5.92 Å². The van der Waals surface area contributed by atoms with E-state index in [1.807, 2.05) is 6.92 Å². The molecule has 1 heterocycles. The molecule has 0 radical (unpaired) electrons. The van der Waals surface area contributed by atoms with Crippen molar-refractivity contribution in [1.29, 1.82) is 4.78 Å². The van der Waals surface area contributed by atoms with Crippen LogP contribution in [-0.4, -0.2) is 15.7 Å². The van der Waals surface area contributed by atoms with E-state index in [-0.39, 0.29) is 23.0 Å². The first kappa shape index (κ1) is 20.1. The second-order valence-corrected chi connectivity index (χ2v) is 10.8. The van der Waals surface area contributed by atoms with Gasteiger partial charge < -0.3 is 4.42 Å². The predicted molar refractivity (Wildman–Crippen MR) is 116 cm³/mol. The Balaban J connectivity index is 1.58. The number of benzene rings is 1. The van der Waals surface area contributed by atoms with Crippen molar-refractivity contribution in [2.75, 3.05) is 5.75 Å². The highest BCUT2D eigenvalue weighted by molar-refractivity contribution is 7.93. The Kier molecular flexibility index (Phi) is 5.28. The molecule has 1 fully saturated rings. The number of carbonyl (C=O) groups excluding carboxylic acids is 1. The van der Waals surface area contributed by atoms with Gasteiger partial charge in [0, 0.05) is 18.1 Å². The Morgan fingerprint density at radius 1 is 1.34 bits per heavy atom. The number of Topliss-reactive ketones (excluding diaryl/α,β-unsaturated/α-hetero) is 1. The van der Waals surface area contributed by atoms with Crippen LogP contribution in [0.5, 0.6) is 0 Å². The van der Waals surface area contributed by atoms with Crippen molar-refractivity contribution >= 4 is 21.1 Å². The molecule has 0 amide bonds. The fraction of sp³-hybridized carbons (Fsp3) is 0.458. The summed E-state index contributed by atoms with van der Waals surface area (Å²) in [5, 5.41) is 0.0636. The van der Waals surface area contributed by atoms with Crippen LogP contribution in [0.25, 0.3) is 5.57 Å². The van der Waals surface area contributed by atoms with Gasteiger partial charge in [0.05, 0.1) is 12.0 Å². The van der Waals surface area contributed by atoms with Gasteiger partial charge in [-0.05, 0) is 78.7 Å². The number of carbonyl (C=O) groups is 1. The number of hydrogen-bond acceptors (Lipinski definition) is 4. The van der Waals surface area contributed by atoms with Gasteiger partial charge in [-0.3, -0.25) is 4.79 Å². The van der Waals surface area contributed by atoms with Crippen molar-refractivity contribution in [3.63, 3.8) is 0 Å². The van der Waals surface area contributed by atoms with E-state index < -0.39 is 9.73 Å². The number of furan rings is 1. The Morgan fingerprint density at radius 3 is 2.76 bits per heavy atom. The fourth-order valence-corrected chi connectivity index (χ4v) is 5.72. The van der Waals surface area contributed by atoms with Crippen LogP contribution in [0, 0.1) is 10.7 Å². The molecule has 0 saturated heterocycles. The second-order valence-electron chi connectivity index (χ2n) is 8.72. The lowest BCUT2D eigenvalue weighted by atomic mass is 9.86. The third kappa shape index (κ3) is 4.11. The van der Waals surface area contributed by atoms with Gasteiger partial charge in [0.15, 0.2) is 10.9 Å².